The van der Waals surface area contributed by atoms with Crippen LogP contribution in [-0.2, 0) is 4.79 Å². The molecule has 0 radical (unpaired) electrons. The summed E-state index contributed by atoms with van der Waals surface area (Å²) in [7, 11) is 0. The van der Waals surface area contributed by atoms with Crippen molar-refractivity contribution in [2.24, 2.45) is 0 Å². The molecule has 0 aromatic rings. The van der Waals surface area contributed by atoms with E-state index in [9.17, 15) is 9.90 Å². The molecule has 64 valence electrons. The van der Waals surface area contributed by atoms with Gasteiger partial charge in [-0.2, -0.15) is 0 Å². The fraction of sp³-hybridized carbons (Fsp3) is 0.625. The summed E-state index contributed by atoms with van der Waals surface area (Å²) in [6, 6.07) is 0. The second-order valence-electron chi connectivity index (χ2n) is 2.26. The summed E-state index contributed by atoms with van der Waals surface area (Å²) in [5, 5.41) is 9.87. The van der Waals surface area contributed by atoms with Gasteiger partial charge >= 0.3 is 51.4 Å². The Morgan fingerprint density at radius 2 is 2.00 bits per heavy atom. The number of alkyl halides is 1. The molecular formula is C8H12ClKO2. The average molecular weight is 215 g/mol. The van der Waals surface area contributed by atoms with Gasteiger partial charge in [-0.3, -0.25) is 0 Å². The maximum atomic E-state index is 9.87. The van der Waals surface area contributed by atoms with Crippen molar-refractivity contribution in [1.29, 1.82) is 0 Å². The Balaban J connectivity index is 0. The van der Waals surface area contributed by atoms with E-state index in [4.69, 9.17) is 11.6 Å². The molecule has 0 bridgehead atoms. The van der Waals surface area contributed by atoms with Gasteiger partial charge < -0.3 is 9.90 Å². The molecule has 0 aromatic heterocycles. The van der Waals surface area contributed by atoms with Gasteiger partial charge in [-0.25, -0.2) is 0 Å². The fourth-order valence-corrected chi connectivity index (χ4v) is 0.902. The van der Waals surface area contributed by atoms with E-state index in [0.29, 0.717) is 5.88 Å². The molecule has 0 saturated carbocycles. The monoisotopic (exact) mass is 214 g/mol. The first-order valence-electron chi connectivity index (χ1n) is 3.71. The minimum Gasteiger partial charge on any atom is -0.545 e. The normalized spacial score (nSPS) is 9.75. The Morgan fingerprint density at radius 3 is 2.50 bits per heavy atom. The van der Waals surface area contributed by atoms with Crippen molar-refractivity contribution in [1.82, 2.24) is 0 Å². The zero-order valence-corrected chi connectivity index (χ0v) is 11.3. The van der Waals surface area contributed by atoms with Gasteiger partial charge in [0.2, 0.25) is 0 Å². The zero-order chi connectivity index (χ0) is 8.53. The number of hydrogen-bond donors (Lipinski definition) is 0. The molecule has 0 fully saturated rings. The Bertz CT molecular complexity index is 137. The molecule has 0 unspecified atom stereocenters. The quantitative estimate of drug-likeness (QED) is 0.224. The van der Waals surface area contributed by atoms with Crippen LogP contribution >= 0.6 is 11.6 Å². The van der Waals surface area contributed by atoms with Gasteiger partial charge in [-0.15, -0.1) is 11.6 Å². The van der Waals surface area contributed by atoms with E-state index in [1.165, 1.54) is 0 Å². The number of carbonyl (C=O) groups is 1. The van der Waals surface area contributed by atoms with Gasteiger partial charge in [0.15, 0.2) is 0 Å². The van der Waals surface area contributed by atoms with Crippen LogP contribution in [0.3, 0.4) is 0 Å². The van der Waals surface area contributed by atoms with Gasteiger partial charge in [0.05, 0.1) is 5.97 Å². The molecule has 2 nitrogen and oxygen atoms in total. The molecule has 4 heteroatoms. The van der Waals surface area contributed by atoms with Crippen LogP contribution in [0.2, 0.25) is 0 Å². The number of carbonyl (C=O) groups excluding carboxylic acids is 1. The van der Waals surface area contributed by atoms with Gasteiger partial charge in [0, 0.05) is 5.88 Å². The SMILES string of the molecule is O=C([O-])/C=C/CCCCCCl.[K+]. The topological polar surface area (TPSA) is 40.1 Å². The number of allylic oxidation sites excluding steroid dienone is 1. The van der Waals surface area contributed by atoms with E-state index in [0.717, 1.165) is 31.8 Å². The molecule has 12 heavy (non-hydrogen) atoms. The molecule has 0 rings (SSSR count). The standard InChI is InChI=1S/C8H13ClO2.K/c9-7-5-3-1-2-4-6-8(10)11;/h4,6H,1-3,5,7H2,(H,10,11);/q;+1/p-1/b6-4+;. The Labute approximate surface area is 121 Å². The van der Waals surface area contributed by atoms with Crippen LogP contribution in [0, 0.1) is 0 Å². The number of rotatable bonds is 6. The number of unbranched alkanes of at least 4 members (excludes halogenated alkanes) is 3. The third-order valence-electron chi connectivity index (χ3n) is 1.26. The Morgan fingerprint density at radius 1 is 1.33 bits per heavy atom. The first kappa shape index (κ1) is 15.6. The second-order valence-corrected chi connectivity index (χ2v) is 2.64. The number of carboxylic acids is 1. The minimum atomic E-state index is -1.12. The summed E-state index contributed by atoms with van der Waals surface area (Å²) >= 11 is 5.44. The van der Waals surface area contributed by atoms with E-state index in [2.05, 4.69) is 0 Å². The molecule has 0 N–H and O–H groups in total. The van der Waals surface area contributed by atoms with E-state index in [-0.39, 0.29) is 51.4 Å². The first-order chi connectivity index (χ1) is 5.27. The average Bonchev–Trinajstić information content (AvgIpc) is 1.96. The summed E-state index contributed by atoms with van der Waals surface area (Å²) in [6.07, 6.45) is 6.53. The maximum Gasteiger partial charge on any atom is 1.00 e. The first-order valence-corrected chi connectivity index (χ1v) is 4.24. The summed E-state index contributed by atoms with van der Waals surface area (Å²) in [5.74, 6) is -0.438. The maximum absolute atomic E-state index is 9.87. The molecule has 0 aliphatic heterocycles. The predicted molar refractivity (Wildman–Crippen MR) is 43.3 cm³/mol. The molecule has 0 aliphatic carbocycles. The molecule has 0 amide bonds. The largest absolute Gasteiger partial charge is 1.00 e. The van der Waals surface area contributed by atoms with Gasteiger partial charge in [-0.05, 0) is 25.3 Å². The third-order valence-corrected chi connectivity index (χ3v) is 1.53. The van der Waals surface area contributed by atoms with Crippen molar-refractivity contribution >= 4 is 17.6 Å². The van der Waals surface area contributed by atoms with Crippen molar-refractivity contribution in [3.8, 4) is 0 Å². The summed E-state index contributed by atoms with van der Waals surface area (Å²) in [5.41, 5.74) is 0. The molecule has 0 saturated heterocycles. The Hall–Kier alpha value is 1.14. The third kappa shape index (κ3) is 13.7. The van der Waals surface area contributed by atoms with Crippen LogP contribution in [0.25, 0.3) is 0 Å². The fourth-order valence-electron chi connectivity index (χ4n) is 0.713. The smallest absolute Gasteiger partial charge is 0.545 e. The van der Waals surface area contributed by atoms with Crippen LogP contribution in [-0.4, -0.2) is 11.8 Å². The van der Waals surface area contributed by atoms with E-state index < -0.39 is 5.97 Å². The van der Waals surface area contributed by atoms with Crippen molar-refractivity contribution < 1.29 is 61.3 Å². The number of hydrogen-bond acceptors (Lipinski definition) is 2. The van der Waals surface area contributed by atoms with Crippen molar-refractivity contribution in [3.63, 3.8) is 0 Å². The van der Waals surface area contributed by atoms with E-state index in [1.54, 1.807) is 6.08 Å². The van der Waals surface area contributed by atoms with Crippen LogP contribution in [0.4, 0.5) is 0 Å². The molecule has 0 aliphatic rings. The van der Waals surface area contributed by atoms with Crippen LogP contribution in [0.5, 0.6) is 0 Å². The molecular weight excluding hydrogens is 203 g/mol. The van der Waals surface area contributed by atoms with Crippen molar-refractivity contribution in [2.45, 2.75) is 25.7 Å². The molecule has 0 spiro atoms. The van der Waals surface area contributed by atoms with Crippen LogP contribution in [0.15, 0.2) is 12.2 Å². The van der Waals surface area contributed by atoms with Crippen molar-refractivity contribution in [3.05, 3.63) is 12.2 Å². The van der Waals surface area contributed by atoms with E-state index in [1.807, 2.05) is 0 Å². The van der Waals surface area contributed by atoms with Crippen molar-refractivity contribution in [2.75, 3.05) is 5.88 Å². The number of carboxylic acid groups (broad SMARTS) is 1. The molecule has 0 aromatic carbocycles. The molecule has 0 heterocycles. The Kier molecular flexibility index (Phi) is 15.8. The van der Waals surface area contributed by atoms with Gasteiger partial charge in [0.1, 0.15) is 0 Å². The summed E-state index contributed by atoms with van der Waals surface area (Å²) in [4.78, 5) is 9.87. The zero-order valence-electron chi connectivity index (χ0n) is 7.38. The summed E-state index contributed by atoms with van der Waals surface area (Å²) in [6.45, 7) is 0. The predicted octanol–water partition coefficient (Wildman–Crippen LogP) is -1.90. The number of aliphatic carboxylic acids is 1. The second kappa shape index (κ2) is 12.1. The molecule has 0 atom stereocenters. The van der Waals surface area contributed by atoms with Crippen LogP contribution < -0.4 is 56.5 Å². The van der Waals surface area contributed by atoms with Crippen LogP contribution in [0.1, 0.15) is 25.7 Å². The van der Waals surface area contributed by atoms with Gasteiger partial charge in [-0.1, -0.05) is 12.5 Å². The van der Waals surface area contributed by atoms with Gasteiger partial charge in [0.25, 0.3) is 0 Å². The summed E-state index contributed by atoms with van der Waals surface area (Å²) < 4.78 is 0. The van der Waals surface area contributed by atoms with E-state index >= 15 is 0 Å². The number of halogens is 1. The minimum absolute atomic E-state index is 0.